The van der Waals surface area contributed by atoms with Crippen molar-refractivity contribution >= 4 is 119 Å². The Labute approximate surface area is 368 Å². The SMILES string of the molecule is C\C=C(/N=C(\C(C)=C(/C)c1ccc2sc3ccccc3c2c1)c1ccc2sc3ccccc3c2c1)c1cccc(N2c3c(ccc4ccccc34)-c3cccc4cccc2c34)c1. The molecular formula is C58H40N2S2. The van der Waals surface area contributed by atoms with Crippen molar-refractivity contribution in [1.82, 2.24) is 0 Å². The molecule has 0 bridgehead atoms. The molecule has 0 spiro atoms. The number of thiophene rings is 2. The van der Waals surface area contributed by atoms with Crippen molar-refractivity contribution in [3.8, 4) is 11.1 Å². The number of aliphatic imine (C=N–C) groups is 1. The lowest BCUT2D eigenvalue weighted by molar-refractivity contribution is 1.29. The third kappa shape index (κ3) is 5.79. The van der Waals surface area contributed by atoms with E-state index in [4.69, 9.17) is 4.99 Å². The highest BCUT2D eigenvalue weighted by Gasteiger charge is 2.28. The predicted octanol–water partition coefficient (Wildman–Crippen LogP) is 17.5. The molecule has 0 radical (unpaired) electrons. The van der Waals surface area contributed by atoms with Crippen LogP contribution in [0.25, 0.3) is 84.3 Å². The van der Waals surface area contributed by atoms with Crippen LogP contribution in [-0.4, -0.2) is 5.71 Å². The maximum Gasteiger partial charge on any atom is 0.0741 e. The van der Waals surface area contributed by atoms with Crippen LogP contribution in [0.5, 0.6) is 0 Å². The van der Waals surface area contributed by atoms with Gasteiger partial charge in [-0.25, -0.2) is 4.99 Å². The summed E-state index contributed by atoms with van der Waals surface area (Å²) in [5, 5.41) is 10.1. The molecule has 12 rings (SSSR count). The van der Waals surface area contributed by atoms with Crippen LogP contribution in [0.15, 0.2) is 199 Å². The summed E-state index contributed by atoms with van der Waals surface area (Å²) in [6.07, 6.45) is 2.17. The average molecular weight is 829 g/mol. The molecule has 1 aliphatic rings. The lowest BCUT2D eigenvalue weighted by atomic mass is 9.88. The zero-order chi connectivity index (χ0) is 41.5. The lowest BCUT2D eigenvalue weighted by Gasteiger charge is -2.34. The molecule has 0 saturated heterocycles. The monoisotopic (exact) mass is 828 g/mol. The first kappa shape index (κ1) is 36.7. The van der Waals surface area contributed by atoms with Gasteiger partial charge in [-0.3, -0.25) is 0 Å². The number of anilines is 3. The van der Waals surface area contributed by atoms with Crippen LogP contribution in [0.2, 0.25) is 0 Å². The van der Waals surface area contributed by atoms with E-state index in [2.05, 4.69) is 214 Å². The molecular weight excluding hydrogens is 789 g/mol. The summed E-state index contributed by atoms with van der Waals surface area (Å²) >= 11 is 3.71. The van der Waals surface area contributed by atoms with Crippen LogP contribution in [-0.2, 0) is 0 Å². The Morgan fingerprint density at radius 2 is 1.10 bits per heavy atom. The van der Waals surface area contributed by atoms with E-state index in [9.17, 15) is 0 Å². The summed E-state index contributed by atoms with van der Waals surface area (Å²) in [5.41, 5.74) is 13.7. The normalized spacial score (nSPS) is 13.5. The number of nitrogens with zero attached hydrogens (tertiary/aromatic N) is 2. The van der Waals surface area contributed by atoms with Gasteiger partial charge in [0.25, 0.3) is 0 Å². The summed E-state index contributed by atoms with van der Waals surface area (Å²) in [7, 11) is 0. The van der Waals surface area contributed by atoms with Crippen molar-refractivity contribution in [3.63, 3.8) is 0 Å². The largest absolute Gasteiger partial charge is 0.309 e. The van der Waals surface area contributed by atoms with E-state index in [1.54, 1.807) is 0 Å². The van der Waals surface area contributed by atoms with Gasteiger partial charge in [0, 0.05) is 73.5 Å². The van der Waals surface area contributed by atoms with Gasteiger partial charge in [0.1, 0.15) is 0 Å². The summed E-state index contributed by atoms with van der Waals surface area (Å²) in [6, 6.07) is 67.0. The smallest absolute Gasteiger partial charge is 0.0741 e. The maximum absolute atomic E-state index is 5.72. The second kappa shape index (κ2) is 14.5. The van der Waals surface area contributed by atoms with E-state index in [0.717, 1.165) is 33.8 Å². The van der Waals surface area contributed by atoms with Gasteiger partial charge < -0.3 is 4.90 Å². The highest BCUT2D eigenvalue weighted by Crippen LogP contribution is 2.53. The molecule has 0 atom stereocenters. The van der Waals surface area contributed by atoms with Crippen LogP contribution >= 0.6 is 22.7 Å². The Hall–Kier alpha value is -7.11. The number of allylic oxidation sites excluding steroid dienone is 3. The van der Waals surface area contributed by atoms with Crippen LogP contribution < -0.4 is 4.90 Å². The summed E-state index contributed by atoms with van der Waals surface area (Å²) in [6.45, 7) is 6.62. The molecule has 2 nitrogen and oxygen atoms in total. The number of benzene rings is 9. The van der Waals surface area contributed by atoms with Gasteiger partial charge in [0.2, 0.25) is 0 Å². The first-order valence-corrected chi connectivity index (χ1v) is 22.9. The van der Waals surface area contributed by atoms with Crippen molar-refractivity contribution in [2.75, 3.05) is 4.90 Å². The summed E-state index contributed by atoms with van der Waals surface area (Å²) in [5.74, 6) is 0. The molecule has 62 heavy (non-hydrogen) atoms. The van der Waals surface area contributed by atoms with Crippen molar-refractivity contribution in [1.29, 1.82) is 0 Å². The van der Waals surface area contributed by atoms with Crippen LogP contribution in [0.1, 0.15) is 37.5 Å². The second-order valence-electron chi connectivity index (χ2n) is 16.3. The van der Waals surface area contributed by atoms with Crippen molar-refractivity contribution in [2.45, 2.75) is 20.8 Å². The topological polar surface area (TPSA) is 15.6 Å². The molecule has 0 fully saturated rings. The molecule has 1 aliphatic heterocycles. The van der Waals surface area contributed by atoms with E-state index in [0.29, 0.717) is 0 Å². The summed E-state index contributed by atoms with van der Waals surface area (Å²) in [4.78, 5) is 8.19. The molecule has 0 amide bonds. The Morgan fingerprint density at radius 1 is 0.484 bits per heavy atom. The van der Waals surface area contributed by atoms with Gasteiger partial charge in [-0.05, 0) is 108 Å². The fraction of sp³-hybridized carbons (Fsp3) is 0.0517. The minimum Gasteiger partial charge on any atom is -0.309 e. The minimum absolute atomic E-state index is 0.928. The third-order valence-corrected chi connectivity index (χ3v) is 15.1. The Morgan fingerprint density at radius 3 is 1.84 bits per heavy atom. The van der Waals surface area contributed by atoms with Crippen molar-refractivity contribution in [2.24, 2.45) is 4.99 Å². The summed E-state index contributed by atoms with van der Waals surface area (Å²) < 4.78 is 5.21. The number of rotatable bonds is 6. The first-order chi connectivity index (χ1) is 30.5. The molecule has 0 N–H and O–H groups in total. The molecule has 0 saturated carbocycles. The highest BCUT2D eigenvalue weighted by molar-refractivity contribution is 7.26. The van der Waals surface area contributed by atoms with Crippen molar-refractivity contribution in [3.05, 3.63) is 210 Å². The van der Waals surface area contributed by atoms with Crippen LogP contribution in [0.4, 0.5) is 17.1 Å². The molecule has 3 heterocycles. The molecule has 4 heteroatoms. The molecule has 2 aromatic heterocycles. The quantitative estimate of drug-likeness (QED) is 0.152. The molecule has 9 aromatic carbocycles. The minimum atomic E-state index is 0.928. The standard InChI is InChI=1S/C58H40N2S2/c1-4-50(40-17-11-18-42(32-40)60-51-23-13-16-38-15-12-22-46(56(38)51)47-29-26-37-14-5-6-19-43(37)58(47)60)59-57(41-28-31-55-49(34-41)45-21-8-10-25-53(45)62-55)36(3)35(2)39-27-30-54-48(33-39)44-20-7-9-24-52(44)61-54/h4-34H,1-3H3/b36-35+,50-4-,59-57+. The van der Waals surface area contributed by atoms with E-state index in [1.807, 2.05) is 22.7 Å². The molecule has 11 aromatic rings. The maximum atomic E-state index is 5.72. The predicted molar refractivity (Wildman–Crippen MR) is 272 cm³/mol. The second-order valence-corrected chi connectivity index (χ2v) is 18.4. The highest BCUT2D eigenvalue weighted by atomic mass is 32.1. The van der Waals surface area contributed by atoms with E-state index < -0.39 is 0 Å². The molecule has 0 unspecified atom stereocenters. The zero-order valence-electron chi connectivity index (χ0n) is 34.6. The van der Waals surface area contributed by atoms with Crippen LogP contribution in [0, 0.1) is 0 Å². The fourth-order valence-corrected chi connectivity index (χ4v) is 11.8. The third-order valence-electron chi connectivity index (χ3n) is 12.8. The van der Waals surface area contributed by atoms with E-state index in [-0.39, 0.29) is 0 Å². The zero-order valence-corrected chi connectivity index (χ0v) is 36.2. The Kier molecular flexibility index (Phi) is 8.60. The van der Waals surface area contributed by atoms with Gasteiger partial charge in [0.15, 0.2) is 0 Å². The molecule has 294 valence electrons. The number of hydrogen-bond acceptors (Lipinski definition) is 4. The Balaban J connectivity index is 1.04. The van der Waals surface area contributed by atoms with Crippen molar-refractivity contribution < 1.29 is 0 Å². The average Bonchev–Trinajstić information content (AvgIpc) is 3.89. The van der Waals surface area contributed by atoms with E-state index >= 15 is 0 Å². The van der Waals surface area contributed by atoms with Gasteiger partial charge in [-0.2, -0.15) is 0 Å². The molecule has 0 aliphatic carbocycles. The van der Waals surface area contributed by atoms with E-state index in [1.165, 1.54) is 95.5 Å². The fourth-order valence-electron chi connectivity index (χ4n) is 9.65. The Bertz CT molecular complexity index is 3740. The number of hydrogen-bond donors (Lipinski definition) is 0. The van der Waals surface area contributed by atoms with Crippen LogP contribution in [0.3, 0.4) is 0 Å². The van der Waals surface area contributed by atoms with Gasteiger partial charge >= 0.3 is 0 Å². The van der Waals surface area contributed by atoms with Gasteiger partial charge in [-0.1, -0.05) is 133 Å². The lowest BCUT2D eigenvalue weighted by Crippen LogP contribution is -2.15. The van der Waals surface area contributed by atoms with Gasteiger partial charge in [-0.15, -0.1) is 22.7 Å². The first-order valence-electron chi connectivity index (χ1n) is 21.2. The number of fused-ring (bicyclic) bond motifs is 10. The van der Waals surface area contributed by atoms with Gasteiger partial charge in [0.05, 0.1) is 22.8 Å².